The number of ether oxygens (including phenoxy) is 2. The highest BCUT2D eigenvalue weighted by Crippen LogP contribution is 2.32. The molecule has 7 heteroatoms. The van der Waals surface area contributed by atoms with E-state index < -0.39 is 0 Å². The summed E-state index contributed by atoms with van der Waals surface area (Å²) in [5.74, 6) is 1.31. The van der Waals surface area contributed by atoms with Crippen molar-refractivity contribution >= 4 is 16.9 Å². The Hall–Kier alpha value is -3.35. The van der Waals surface area contributed by atoms with Crippen molar-refractivity contribution < 1.29 is 14.3 Å². The zero-order chi connectivity index (χ0) is 20.4. The van der Waals surface area contributed by atoms with E-state index >= 15 is 0 Å². The number of aromatic nitrogens is 2. The number of carbonyl (C=O) groups excluding carboxylic acids is 1. The maximum Gasteiger partial charge on any atom is 0.269 e. The Labute approximate surface area is 168 Å². The minimum absolute atomic E-state index is 0.0232. The first-order valence-corrected chi connectivity index (χ1v) is 9.55. The summed E-state index contributed by atoms with van der Waals surface area (Å²) in [5, 5.41) is 0. The fraction of sp³-hybridized carbons (Fsp3) is 0.318. The zero-order valence-corrected chi connectivity index (χ0v) is 16.5. The van der Waals surface area contributed by atoms with E-state index in [0.717, 1.165) is 18.4 Å². The lowest BCUT2D eigenvalue weighted by Gasteiger charge is -2.24. The second-order valence-corrected chi connectivity index (χ2v) is 7.10. The summed E-state index contributed by atoms with van der Waals surface area (Å²) in [4.78, 5) is 31.6. The van der Waals surface area contributed by atoms with Gasteiger partial charge in [-0.25, -0.2) is 4.98 Å². The lowest BCUT2D eigenvalue weighted by atomic mass is 10.1. The molecule has 1 heterocycles. The molecule has 0 atom stereocenters. The van der Waals surface area contributed by atoms with Crippen molar-refractivity contribution in [3.05, 3.63) is 64.6 Å². The highest BCUT2D eigenvalue weighted by atomic mass is 16.5. The van der Waals surface area contributed by atoms with E-state index in [1.807, 2.05) is 47.4 Å². The Morgan fingerprint density at radius 3 is 2.69 bits per heavy atom. The average molecular weight is 393 g/mol. The van der Waals surface area contributed by atoms with Gasteiger partial charge >= 0.3 is 0 Å². The minimum atomic E-state index is -0.285. The molecular formula is C22H23N3O4. The number of fused-ring (bicyclic) bond motifs is 1. The number of para-hydroxylation sites is 2. The monoisotopic (exact) mass is 393 g/mol. The third kappa shape index (κ3) is 3.94. The number of rotatable bonds is 7. The van der Waals surface area contributed by atoms with Crippen LogP contribution in [-0.2, 0) is 17.9 Å². The Morgan fingerprint density at radius 2 is 1.97 bits per heavy atom. The van der Waals surface area contributed by atoms with Gasteiger partial charge in [0.05, 0.1) is 31.4 Å². The molecule has 1 saturated carbocycles. The van der Waals surface area contributed by atoms with Gasteiger partial charge < -0.3 is 14.4 Å². The van der Waals surface area contributed by atoms with Gasteiger partial charge in [-0.3, -0.25) is 14.2 Å². The number of methoxy groups -OCH3 is 2. The van der Waals surface area contributed by atoms with Crippen molar-refractivity contribution in [1.29, 1.82) is 0 Å². The second kappa shape index (κ2) is 7.95. The van der Waals surface area contributed by atoms with Crippen molar-refractivity contribution in [1.82, 2.24) is 14.5 Å². The Balaban J connectivity index is 1.63. The van der Waals surface area contributed by atoms with E-state index in [4.69, 9.17) is 9.47 Å². The molecule has 4 rings (SSSR count). The lowest BCUT2D eigenvalue weighted by molar-refractivity contribution is -0.133. The van der Waals surface area contributed by atoms with E-state index in [2.05, 4.69) is 4.98 Å². The standard InChI is InChI=1S/C22H23N3O4/c1-28-17-9-10-20(29-2)15(11-17)13-24(16-7-8-16)22(27)14-25-19-6-4-3-5-18(19)23-12-21(25)26/h3-6,9-12,16H,7-8,13-14H2,1-2H3. The van der Waals surface area contributed by atoms with Gasteiger partial charge in [-0.1, -0.05) is 12.1 Å². The van der Waals surface area contributed by atoms with Crippen molar-refractivity contribution in [2.45, 2.75) is 32.0 Å². The van der Waals surface area contributed by atoms with Gasteiger partial charge in [-0.05, 0) is 43.2 Å². The summed E-state index contributed by atoms with van der Waals surface area (Å²) in [6.07, 6.45) is 3.19. The molecule has 1 fully saturated rings. The lowest BCUT2D eigenvalue weighted by Crippen LogP contribution is -2.37. The summed E-state index contributed by atoms with van der Waals surface area (Å²) >= 11 is 0. The van der Waals surface area contributed by atoms with Gasteiger partial charge in [0.25, 0.3) is 5.56 Å². The van der Waals surface area contributed by atoms with Crippen molar-refractivity contribution in [3.8, 4) is 11.5 Å². The molecule has 0 N–H and O–H groups in total. The van der Waals surface area contributed by atoms with E-state index in [0.29, 0.717) is 29.1 Å². The fourth-order valence-electron chi connectivity index (χ4n) is 3.50. The van der Waals surface area contributed by atoms with Crippen molar-refractivity contribution in [3.63, 3.8) is 0 Å². The minimum Gasteiger partial charge on any atom is -0.497 e. The number of nitrogens with zero attached hydrogens (tertiary/aromatic N) is 3. The molecule has 150 valence electrons. The van der Waals surface area contributed by atoms with Crippen LogP contribution in [0.4, 0.5) is 0 Å². The van der Waals surface area contributed by atoms with Gasteiger partial charge in [-0.15, -0.1) is 0 Å². The first-order chi connectivity index (χ1) is 14.1. The quantitative estimate of drug-likeness (QED) is 0.617. The third-order valence-electron chi connectivity index (χ3n) is 5.18. The van der Waals surface area contributed by atoms with Gasteiger partial charge in [0, 0.05) is 18.2 Å². The maximum atomic E-state index is 13.2. The fourth-order valence-corrected chi connectivity index (χ4v) is 3.50. The zero-order valence-electron chi connectivity index (χ0n) is 16.5. The van der Waals surface area contributed by atoms with Crippen LogP contribution in [0.3, 0.4) is 0 Å². The van der Waals surface area contributed by atoms with Crippen LogP contribution in [0.1, 0.15) is 18.4 Å². The normalized spacial score (nSPS) is 13.3. The van der Waals surface area contributed by atoms with Crippen LogP contribution in [0.2, 0.25) is 0 Å². The molecule has 3 aromatic rings. The SMILES string of the molecule is COc1ccc(OC)c(CN(C(=O)Cn2c(=O)cnc3ccccc32)C2CC2)c1. The molecule has 1 amide bonds. The van der Waals surface area contributed by atoms with Gasteiger partial charge in [0.15, 0.2) is 0 Å². The first-order valence-electron chi connectivity index (χ1n) is 9.55. The van der Waals surface area contributed by atoms with Gasteiger partial charge in [0.2, 0.25) is 5.91 Å². The molecule has 0 unspecified atom stereocenters. The average Bonchev–Trinajstić information content (AvgIpc) is 3.59. The summed E-state index contributed by atoms with van der Waals surface area (Å²) in [7, 11) is 3.22. The number of hydrogen-bond acceptors (Lipinski definition) is 5. The predicted molar refractivity (Wildman–Crippen MR) is 109 cm³/mol. The van der Waals surface area contributed by atoms with Crippen LogP contribution in [0.5, 0.6) is 11.5 Å². The van der Waals surface area contributed by atoms with Crippen LogP contribution >= 0.6 is 0 Å². The predicted octanol–water partition coefficient (Wildman–Crippen LogP) is 2.60. The maximum absolute atomic E-state index is 13.2. The van der Waals surface area contributed by atoms with Crippen molar-refractivity contribution in [2.24, 2.45) is 0 Å². The number of carbonyl (C=O) groups is 1. The third-order valence-corrected chi connectivity index (χ3v) is 5.18. The van der Waals surface area contributed by atoms with Crippen LogP contribution in [0.25, 0.3) is 11.0 Å². The van der Waals surface area contributed by atoms with Crippen LogP contribution in [0, 0.1) is 0 Å². The summed E-state index contributed by atoms with van der Waals surface area (Å²) in [6, 6.07) is 13.1. The molecule has 7 nitrogen and oxygen atoms in total. The molecule has 0 radical (unpaired) electrons. The summed E-state index contributed by atoms with van der Waals surface area (Å²) in [6.45, 7) is 0.381. The first kappa shape index (κ1) is 19.0. The van der Waals surface area contributed by atoms with Gasteiger partial charge in [0.1, 0.15) is 18.0 Å². The summed E-state index contributed by atoms with van der Waals surface area (Å²) < 4.78 is 12.3. The van der Waals surface area contributed by atoms with E-state index in [1.54, 1.807) is 14.2 Å². The molecule has 1 aliphatic rings. The number of amides is 1. The van der Waals surface area contributed by atoms with E-state index in [1.165, 1.54) is 10.8 Å². The second-order valence-electron chi connectivity index (χ2n) is 7.10. The Bertz CT molecular complexity index is 1100. The molecule has 0 saturated heterocycles. The summed E-state index contributed by atoms with van der Waals surface area (Å²) in [5.41, 5.74) is 1.93. The van der Waals surface area contributed by atoms with Crippen LogP contribution in [0.15, 0.2) is 53.5 Å². The largest absolute Gasteiger partial charge is 0.497 e. The topological polar surface area (TPSA) is 73.7 Å². The smallest absolute Gasteiger partial charge is 0.269 e. The van der Waals surface area contributed by atoms with Crippen molar-refractivity contribution in [2.75, 3.05) is 14.2 Å². The Morgan fingerprint density at radius 1 is 1.17 bits per heavy atom. The molecule has 0 bridgehead atoms. The molecule has 1 aromatic heterocycles. The van der Waals surface area contributed by atoms with Crippen LogP contribution in [-0.4, -0.2) is 40.6 Å². The van der Waals surface area contributed by atoms with E-state index in [9.17, 15) is 9.59 Å². The number of hydrogen-bond donors (Lipinski definition) is 0. The molecule has 0 aliphatic heterocycles. The van der Waals surface area contributed by atoms with E-state index in [-0.39, 0.29) is 24.1 Å². The Kier molecular flexibility index (Phi) is 5.20. The van der Waals surface area contributed by atoms with Crippen LogP contribution < -0.4 is 15.0 Å². The number of benzene rings is 2. The molecule has 0 spiro atoms. The molecule has 1 aliphatic carbocycles. The molecule has 29 heavy (non-hydrogen) atoms. The highest BCUT2D eigenvalue weighted by Gasteiger charge is 2.33. The van der Waals surface area contributed by atoms with Gasteiger partial charge in [-0.2, -0.15) is 0 Å². The molecule has 2 aromatic carbocycles. The highest BCUT2D eigenvalue weighted by molar-refractivity contribution is 5.80. The molecular weight excluding hydrogens is 370 g/mol.